The number of nitrogens with zero attached hydrogens (tertiary/aromatic N) is 1. The van der Waals surface area contributed by atoms with Gasteiger partial charge in [0, 0.05) is 18.4 Å². The zero-order valence-corrected chi connectivity index (χ0v) is 9.43. The van der Waals surface area contributed by atoms with Crippen molar-refractivity contribution in [3.8, 4) is 0 Å². The predicted octanol–water partition coefficient (Wildman–Crippen LogP) is 2.63. The number of aromatic nitrogens is 1. The minimum atomic E-state index is 0.0455. The lowest BCUT2D eigenvalue weighted by Gasteiger charge is -2.12. The highest BCUT2D eigenvalue weighted by atomic mass is 14.6. The molecular weight excluding hydrogens is 196 g/mol. The van der Waals surface area contributed by atoms with E-state index in [0.717, 1.165) is 6.42 Å². The van der Waals surface area contributed by atoms with Gasteiger partial charge in [-0.15, -0.1) is 0 Å². The lowest BCUT2D eigenvalue weighted by molar-refractivity contribution is 0.719. The Morgan fingerprint density at radius 1 is 1.25 bits per heavy atom. The van der Waals surface area contributed by atoms with E-state index in [2.05, 4.69) is 36.2 Å². The number of benzene rings is 1. The molecule has 2 rings (SSSR count). The average Bonchev–Trinajstić information content (AvgIpc) is 2.30. The van der Waals surface area contributed by atoms with Gasteiger partial charge in [-0.3, -0.25) is 4.98 Å². The van der Waals surface area contributed by atoms with Crippen molar-refractivity contribution in [2.24, 2.45) is 5.73 Å². The van der Waals surface area contributed by atoms with Crippen LogP contribution in [0.4, 0.5) is 0 Å². The number of aryl methyl sites for hydroxylation is 1. The Bertz CT molecular complexity index is 451. The van der Waals surface area contributed by atoms with Gasteiger partial charge in [0.25, 0.3) is 0 Å². The smallest absolute Gasteiger partial charge is 0.0336 e. The fraction of sp³-hybridized carbons (Fsp3) is 0.214. The third kappa shape index (κ3) is 2.67. The van der Waals surface area contributed by atoms with Crippen LogP contribution in [-0.4, -0.2) is 4.98 Å². The van der Waals surface area contributed by atoms with Crippen molar-refractivity contribution < 1.29 is 0 Å². The van der Waals surface area contributed by atoms with Gasteiger partial charge < -0.3 is 5.73 Å². The van der Waals surface area contributed by atoms with E-state index < -0.39 is 0 Å². The summed E-state index contributed by atoms with van der Waals surface area (Å²) < 4.78 is 0. The zero-order chi connectivity index (χ0) is 11.4. The molecule has 2 nitrogen and oxygen atoms in total. The maximum absolute atomic E-state index is 6.17. The number of nitrogens with two attached hydrogens (primary N) is 1. The van der Waals surface area contributed by atoms with Crippen LogP contribution in [-0.2, 0) is 6.42 Å². The average molecular weight is 212 g/mol. The van der Waals surface area contributed by atoms with E-state index in [1.165, 1.54) is 16.7 Å². The molecule has 1 heterocycles. The summed E-state index contributed by atoms with van der Waals surface area (Å²) in [4.78, 5) is 4.09. The molecule has 1 atom stereocenters. The van der Waals surface area contributed by atoms with E-state index in [-0.39, 0.29) is 6.04 Å². The second-order valence-corrected chi connectivity index (χ2v) is 4.09. The molecule has 0 radical (unpaired) electrons. The number of rotatable bonds is 3. The Hall–Kier alpha value is -1.67. The SMILES string of the molecule is Cc1cccc(C(N)Cc2cccnc2)c1. The summed E-state index contributed by atoms with van der Waals surface area (Å²) in [6, 6.07) is 12.4. The van der Waals surface area contributed by atoms with E-state index >= 15 is 0 Å². The van der Waals surface area contributed by atoms with Crippen LogP contribution < -0.4 is 5.73 Å². The Labute approximate surface area is 96.1 Å². The molecule has 1 unspecified atom stereocenters. The summed E-state index contributed by atoms with van der Waals surface area (Å²) >= 11 is 0. The summed E-state index contributed by atoms with van der Waals surface area (Å²) in [6.45, 7) is 2.08. The lowest BCUT2D eigenvalue weighted by Crippen LogP contribution is -2.13. The molecule has 0 bridgehead atoms. The van der Waals surface area contributed by atoms with Crippen molar-refractivity contribution in [1.29, 1.82) is 0 Å². The lowest BCUT2D eigenvalue weighted by atomic mass is 9.99. The molecular formula is C14H16N2. The van der Waals surface area contributed by atoms with Crippen LogP contribution >= 0.6 is 0 Å². The molecule has 0 aliphatic rings. The summed E-state index contributed by atoms with van der Waals surface area (Å²) in [5, 5.41) is 0. The van der Waals surface area contributed by atoms with Crippen molar-refractivity contribution in [3.05, 3.63) is 65.5 Å². The predicted molar refractivity (Wildman–Crippen MR) is 66.0 cm³/mol. The van der Waals surface area contributed by atoms with Gasteiger partial charge >= 0.3 is 0 Å². The molecule has 16 heavy (non-hydrogen) atoms. The number of hydrogen-bond acceptors (Lipinski definition) is 2. The Morgan fingerprint density at radius 2 is 2.12 bits per heavy atom. The molecule has 2 aromatic rings. The van der Waals surface area contributed by atoms with Gasteiger partial charge in [0.05, 0.1) is 0 Å². The zero-order valence-electron chi connectivity index (χ0n) is 9.43. The van der Waals surface area contributed by atoms with E-state index in [1.54, 1.807) is 6.20 Å². The fourth-order valence-corrected chi connectivity index (χ4v) is 1.79. The second kappa shape index (κ2) is 4.90. The summed E-state index contributed by atoms with van der Waals surface area (Å²) in [6.07, 6.45) is 4.48. The molecule has 82 valence electrons. The van der Waals surface area contributed by atoms with Crippen LogP contribution in [0.2, 0.25) is 0 Å². The van der Waals surface area contributed by atoms with Gasteiger partial charge in [0.15, 0.2) is 0 Å². The summed E-state index contributed by atoms with van der Waals surface area (Å²) in [5.74, 6) is 0. The molecule has 0 amide bonds. The monoisotopic (exact) mass is 212 g/mol. The summed E-state index contributed by atoms with van der Waals surface area (Å²) in [7, 11) is 0. The Balaban J connectivity index is 2.12. The fourth-order valence-electron chi connectivity index (χ4n) is 1.79. The summed E-state index contributed by atoms with van der Waals surface area (Å²) in [5.41, 5.74) is 9.78. The van der Waals surface area contributed by atoms with Gasteiger partial charge in [0.1, 0.15) is 0 Å². The molecule has 0 saturated carbocycles. The highest BCUT2D eigenvalue weighted by Gasteiger charge is 2.06. The normalized spacial score (nSPS) is 12.4. The number of hydrogen-bond donors (Lipinski definition) is 1. The molecule has 2 N–H and O–H groups in total. The maximum Gasteiger partial charge on any atom is 0.0336 e. The van der Waals surface area contributed by atoms with E-state index in [9.17, 15) is 0 Å². The second-order valence-electron chi connectivity index (χ2n) is 4.09. The van der Waals surface area contributed by atoms with Crippen LogP contribution in [0, 0.1) is 6.92 Å². The first kappa shape index (κ1) is 10.8. The van der Waals surface area contributed by atoms with Crippen molar-refractivity contribution in [1.82, 2.24) is 4.98 Å². The quantitative estimate of drug-likeness (QED) is 0.849. The molecule has 0 spiro atoms. The third-order valence-electron chi connectivity index (χ3n) is 2.65. The highest BCUT2D eigenvalue weighted by molar-refractivity contribution is 5.26. The molecule has 0 fully saturated rings. The van der Waals surface area contributed by atoms with Crippen molar-refractivity contribution in [3.63, 3.8) is 0 Å². The standard InChI is InChI=1S/C14H16N2/c1-11-4-2-6-13(8-11)14(15)9-12-5-3-7-16-10-12/h2-8,10,14H,9,15H2,1H3. The van der Waals surface area contributed by atoms with Crippen molar-refractivity contribution >= 4 is 0 Å². The highest BCUT2D eigenvalue weighted by Crippen LogP contribution is 2.16. The first-order valence-electron chi connectivity index (χ1n) is 5.47. The Kier molecular flexibility index (Phi) is 3.32. The number of pyridine rings is 1. The molecule has 1 aromatic heterocycles. The van der Waals surface area contributed by atoms with Gasteiger partial charge in [-0.25, -0.2) is 0 Å². The van der Waals surface area contributed by atoms with Crippen LogP contribution in [0.3, 0.4) is 0 Å². The van der Waals surface area contributed by atoms with Crippen molar-refractivity contribution in [2.45, 2.75) is 19.4 Å². The minimum Gasteiger partial charge on any atom is -0.324 e. The molecule has 2 heteroatoms. The van der Waals surface area contributed by atoms with Gasteiger partial charge in [-0.05, 0) is 30.5 Å². The minimum absolute atomic E-state index is 0.0455. The molecule has 0 aliphatic carbocycles. The van der Waals surface area contributed by atoms with E-state index in [1.807, 2.05) is 18.3 Å². The van der Waals surface area contributed by atoms with Crippen LogP contribution in [0.5, 0.6) is 0 Å². The third-order valence-corrected chi connectivity index (χ3v) is 2.65. The van der Waals surface area contributed by atoms with Crippen LogP contribution in [0.25, 0.3) is 0 Å². The Morgan fingerprint density at radius 3 is 2.81 bits per heavy atom. The largest absolute Gasteiger partial charge is 0.324 e. The van der Waals surface area contributed by atoms with Crippen molar-refractivity contribution in [2.75, 3.05) is 0 Å². The van der Waals surface area contributed by atoms with Crippen LogP contribution in [0.1, 0.15) is 22.7 Å². The van der Waals surface area contributed by atoms with Crippen LogP contribution in [0.15, 0.2) is 48.8 Å². The maximum atomic E-state index is 6.17. The van der Waals surface area contributed by atoms with Gasteiger partial charge in [-0.2, -0.15) is 0 Å². The first-order chi connectivity index (χ1) is 7.75. The topological polar surface area (TPSA) is 38.9 Å². The van der Waals surface area contributed by atoms with Gasteiger partial charge in [-0.1, -0.05) is 35.9 Å². The molecule has 1 aromatic carbocycles. The first-order valence-corrected chi connectivity index (χ1v) is 5.47. The van der Waals surface area contributed by atoms with Gasteiger partial charge in [0.2, 0.25) is 0 Å². The molecule has 0 saturated heterocycles. The van der Waals surface area contributed by atoms with E-state index in [4.69, 9.17) is 5.73 Å². The van der Waals surface area contributed by atoms with E-state index in [0.29, 0.717) is 0 Å². The molecule has 0 aliphatic heterocycles.